The van der Waals surface area contributed by atoms with E-state index in [0.717, 1.165) is 0 Å². The maximum absolute atomic E-state index is 13.1. The van der Waals surface area contributed by atoms with Crippen molar-refractivity contribution in [2.24, 2.45) is 0 Å². The summed E-state index contributed by atoms with van der Waals surface area (Å²) in [5, 5.41) is 0. The zero-order chi connectivity index (χ0) is 13.9. The minimum absolute atomic E-state index is 0.0950. The van der Waals surface area contributed by atoms with Crippen LogP contribution in [-0.4, -0.2) is 14.5 Å². The van der Waals surface area contributed by atoms with Crippen LogP contribution in [0.25, 0.3) is 0 Å². The molecule has 98 valence electrons. The van der Waals surface area contributed by atoms with Gasteiger partial charge in [-0.3, -0.25) is 0 Å². The van der Waals surface area contributed by atoms with Crippen molar-refractivity contribution in [2.45, 2.75) is 38.1 Å². The summed E-state index contributed by atoms with van der Waals surface area (Å²) in [6.45, 7) is 4.90. The Bertz CT molecular complexity index is 564. The van der Waals surface area contributed by atoms with E-state index in [0.29, 0.717) is 17.5 Å². The van der Waals surface area contributed by atoms with Gasteiger partial charge >= 0.3 is 0 Å². The standard InChI is InChI=1S/C13H16FNO2S/c1-5-12(6-2)15-18(16,17)13-9(3)7-11(14)8-10(13)4/h1,7-8,12,15H,6H2,2-4H3. The highest BCUT2D eigenvalue weighted by molar-refractivity contribution is 7.89. The quantitative estimate of drug-likeness (QED) is 0.851. The third-order valence-corrected chi connectivity index (χ3v) is 4.38. The maximum Gasteiger partial charge on any atom is 0.242 e. The number of sulfonamides is 1. The van der Waals surface area contributed by atoms with Gasteiger partial charge in [-0.15, -0.1) is 6.42 Å². The van der Waals surface area contributed by atoms with Crippen molar-refractivity contribution in [2.75, 3.05) is 0 Å². The number of halogens is 1. The summed E-state index contributed by atoms with van der Waals surface area (Å²) in [7, 11) is -3.72. The van der Waals surface area contributed by atoms with E-state index in [2.05, 4.69) is 10.6 Å². The minimum atomic E-state index is -3.72. The van der Waals surface area contributed by atoms with E-state index in [1.807, 2.05) is 0 Å². The summed E-state index contributed by atoms with van der Waals surface area (Å²) < 4.78 is 39.9. The van der Waals surface area contributed by atoms with Crippen molar-refractivity contribution in [3.63, 3.8) is 0 Å². The molecule has 5 heteroatoms. The molecule has 0 fully saturated rings. The topological polar surface area (TPSA) is 46.2 Å². The third kappa shape index (κ3) is 3.09. The second-order valence-corrected chi connectivity index (χ2v) is 5.77. The molecule has 1 aromatic carbocycles. The molecule has 0 spiro atoms. The summed E-state index contributed by atoms with van der Waals surface area (Å²) in [6, 6.07) is 1.83. The molecule has 0 heterocycles. The lowest BCUT2D eigenvalue weighted by molar-refractivity contribution is 0.568. The lowest BCUT2D eigenvalue weighted by Gasteiger charge is -2.15. The first kappa shape index (κ1) is 14.7. The summed E-state index contributed by atoms with van der Waals surface area (Å²) >= 11 is 0. The maximum atomic E-state index is 13.1. The predicted molar refractivity (Wildman–Crippen MR) is 69.1 cm³/mol. The van der Waals surface area contributed by atoms with Crippen LogP contribution in [0.4, 0.5) is 4.39 Å². The molecule has 0 bridgehead atoms. The van der Waals surface area contributed by atoms with Crippen molar-refractivity contribution in [3.05, 3.63) is 29.1 Å². The molecule has 1 aromatic rings. The summed E-state index contributed by atoms with van der Waals surface area (Å²) in [6.07, 6.45) is 5.73. The van der Waals surface area contributed by atoms with Crippen LogP contribution in [0.2, 0.25) is 0 Å². The van der Waals surface area contributed by atoms with E-state index in [1.54, 1.807) is 20.8 Å². The number of rotatable bonds is 4. The third-order valence-electron chi connectivity index (χ3n) is 2.60. The van der Waals surface area contributed by atoms with Gasteiger partial charge in [0.05, 0.1) is 10.9 Å². The number of nitrogens with one attached hydrogen (secondary N) is 1. The highest BCUT2D eigenvalue weighted by Crippen LogP contribution is 2.21. The van der Waals surface area contributed by atoms with Crippen LogP contribution in [0.15, 0.2) is 17.0 Å². The average Bonchev–Trinajstić information content (AvgIpc) is 2.23. The SMILES string of the molecule is C#CC(CC)NS(=O)(=O)c1c(C)cc(F)cc1C. The Balaban J connectivity index is 3.26. The van der Waals surface area contributed by atoms with Crippen molar-refractivity contribution < 1.29 is 12.8 Å². The van der Waals surface area contributed by atoms with Gasteiger partial charge in [0.2, 0.25) is 10.0 Å². The number of aryl methyl sites for hydroxylation is 2. The van der Waals surface area contributed by atoms with Crippen molar-refractivity contribution in [1.29, 1.82) is 0 Å². The molecule has 0 saturated carbocycles. The van der Waals surface area contributed by atoms with Crippen LogP contribution in [0.5, 0.6) is 0 Å². The largest absolute Gasteiger partial charge is 0.242 e. The van der Waals surface area contributed by atoms with E-state index in [1.165, 1.54) is 12.1 Å². The van der Waals surface area contributed by atoms with Gasteiger partial charge in [-0.2, -0.15) is 4.72 Å². The molecule has 3 nitrogen and oxygen atoms in total. The molecule has 0 amide bonds. The van der Waals surface area contributed by atoms with Crippen LogP contribution in [0.1, 0.15) is 24.5 Å². The normalized spacial score (nSPS) is 13.1. The Labute approximate surface area is 107 Å². The molecule has 1 N–H and O–H groups in total. The molecule has 0 saturated heterocycles. The van der Waals surface area contributed by atoms with E-state index in [4.69, 9.17) is 6.42 Å². The van der Waals surface area contributed by atoms with Gasteiger partial charge < -0.3 is 0 Å². The Hall–Kier alpha value is -1.38. The Morgan fingerprint density at radius 3 is 2.28 bits per heavy atom. The second-order valence-electron chi connectivity index (χ2n) is 4.12. The summed E-state index contributed by atoms with van der Waals surface area (Å²) in [5.41, 5.74) is 0.735. The predicted octanol–water partition coefficient (Wildman–Crippen LogP) is 2.13. The van der Waals surface area contributed by atoms with Crippen LogP contribution in [0, 0.1) is 32.0 Å². The van der Waals surface area contributed by atoms with E-state index < -0.39 is 21.9 Å². The molecular formula is C13H16FNO2S. The van der Waals surface area contributed by atoms with E-state index in [-0.39, 0.29) is 4.90 Å². The lowest BCUT2D eigenvalue weighted by atomic mass is 10.1. The zero-order valence-electron chi connectivity index (χ0n) is 10.6. The van der Waals surface area contributed by atoms with Gasteiger partial charge in [-0.05, 0) is 43.5 Å². The molecule has 1 unspecified atom stereocenters. The van der Waals surface area contributed by atoms with E-state index >= 15 is 0 Å². The molecule has 1 rings (SSSR count). The van der Waals surface area contributed by atoms with Gasteiger partial charge in [0.25, 0.3) is 0 Å². The smallest absolute Gasteiger partial charge is 0.207 e. The highest BCUT2D eigenvalue weighted by Gasteiger charge is 2.22. The molecule has 0 aliphatic carbocycles. The van der Waals surface area contributed by atoms with Gasteiger partial charge in [-0.25, -0.2) is 12.8 Å². The minimum Gasteiger partial charge on any atom is -0.207 e. The number of hydrogen-bond donors (Lipinski definition) is 1. The van der Waals surface area contributed by atoms with Gasteiger partial charge in [0.1, 0.15) is 5.82 Å². The summed E-state index contributed by atoms with van der Waals surface area (Å²) in [5.74, 6) is 1.91. The van der Waals surface area contributed by atoms with Crippen LogP contribution in [0.3, 0.4) is 0 Å². The molecule has 0 aliphatic rings. The first-order valence-electron chi connectivity index (χ1n) is 5.57. The molecule has 0 radical (unpaired) electrons. The van der Waals surface area contributed by atoms with Gasteiger partial charge in [0, 0.05) is 0 Å². The van der Waals surface area contributed by atoms with Gasteiger partial charge in [0.15, 0.2) is 0 Å². The Morgan fingerprint density at radius 2 is 1.89 bits per heavy atom. The van der Waals surface area contributed by atoms with Crippen molar-refractivity contribution >= 4 is 10.0 Å². The van der Waals surface area contributed by atoms with Crippen molar-refractivity contribution in [3.8, 4) is 12.3 Å². The van der Waals surface area contributed by atoms with Crippen LogP contribution < -0.4 is 4.72 Å². The number of terminal acetylenes is 1. The Morgan fingerprint density at radius 1 is 1.39 bits per heavy atom. The second kappa shape index (κ2) is 5.51. The number of benzene rings is 1. The first-order chi connectivity index (χ1) is 8.31. The lowest BCUT2D eigenvalue weighted by Crippen LogP contribution is -2.34. The zero-order valence-corrected chi connectivity index (χ0v) is 11.4. The van der Waals surface area contributed by atoms with E-state index in [9.17, 15) is 12.8 Å². The average molecular weight is 269 g/mol. The monoisotopic (exact) mass is 269 g/mol. The summed E-state index contributed by atoms with van der Waals surface area (Å²) in [4.78, 5) is 0.0950. The molecule has 18 heavy (non-hydrogen) atoms. The molecule has 0 aromatic heterocycles. The molecule has 1 atom stereocenters. The fraction of sp³-hybridized carbons (Fsp3) is 0.385. The van der Waals surface area contributed by atoms with Crippen molar-refractivity contribution in [1.82, 2.24) is 4.72 Å². The fourth-order valence-electron chi connectivity index (χ4n) is 1.80. The first-order valence-corrected chi connectivity index (χ1v) is 7.05. The van der Waals surface area contributed by atoms with Crippen LogP contribution >= 0.6 is 0 Å². The highest BCUT2D eigenvalue weighted by atomic mass is 32.2. The van der Waals surface area contributed by atoms with Crippen LogP contribution in [-0.2, 0) is 10.0 Å². The van der Waals surface area contributed by atoms with Gasteiger partial charge in [-0.1, -0.05) is 12.8 Å². The Kier molecular flexibility index (Phi) is 4.49. The molecule has 0 aliphatic heterocycles. The number of hydrogen-bond acceptors (Lipinski definition) is 2. The molecular weight excluding hydrogens is 253 g/mol. The fourth-order valence-corrected chi connectivity index (χ4v) is 3.50.